The maximum atomic E-state index is 8.94. The van der Waals surface area contributed by atoms with Crippen molar-refractivity contribution in [1.82, 2.24) is 0 Å². The molecule has 2 rings (SSSR count). The Balaban J connectivity index is 2.19. The van der Waals surface area contributed by atoms with Gasteiger partial charge in [0.1, 0.15) is 11.5 Å². The zero-order valence-corrected chi connectivity index (χ0v) is 10.2. The highest BCUT2D eigenvalue weighted by Gasteiger charge is 2.02. The van der Waals surface area contributed by atoms with Crippen LogP contribution in [-0.2, 0) is 6.61 Å². The summed E-state index contributed by atoms with van der Waals surface area (Å²) in [5.74, 6) is 1.53. The Morgan fingerprint density at radius 3 is 2.41 bits per heavy atom. The number of ether oxygens (including phenoxy) is 1. The Morgan fingerprint density at radius 2 is 1.82 bits per heavy atom. The summed E-state index contributed by atoms with van der Waals surface area (Å²) < 4.78 is 5.72. The fraction of sp³-hybridized carbons (Fsp3) is 0.143. The monoisotopic (exact) mass is 248 g/mol. The molecule has 0 heterocycles. The van der Waals surface area contributed by atoms with Crippen LogP contribution in [0.5, 0.6) is 11.5 Å². The van der Waals surface area contributed by atoms with E-state index in [2.05, 4.69) is 0 Å². The summed E-state index contributed by atoms with van der Waals surface area (Å²) in [5, 5.41) is 9.64. The van der Waals surface area contributed by atoms with Gasteiger partial charge in [-0.2, -0.15) is 0 Å². The van der Waals surface area contributed by atoms with Crippen LogP contribution in [0.3, 0.4) is 0 Å². The Labute approximate surface area is 105 Å². The maximum absolute atomic E-state index is 8.94. The molecule has 0 aliphatic carbocycles. The number of halogens is 1. The van der Waals surface area contributed by atoms with Crippen molar-refractivity contribution in [2.24, 2.45) is 0 Å². The van der Waals surface area contributed by atoms with Gasteiger partial charge in [0.15, 0.2) is 0 Å². The highest BCUT2D eigenvalue weighted by molar-refractivity contribution is 6.30. The van der Waals surface area contributed by atoms with Crippen LogP contribution < -0.4 is 4.74 Å². The van der Waals surface area contributed by atoms with Gasteiger partial charge in [-0.3, -0.25) is 0 Å². The van der Waals surface area contributed by atoms with Crippen LogP contribution in [0, 0.1) is 6.92 Å². The molecule has 0 amide bonds. The lowest BCUT2D eigenvalue weighted by molar-refractivity contribution is 0.281. The molecule has 0 spiro atoms. The Morgan fingerprint density at radius 1 is 1.12 bits per heavy atom. The summed E-state index contributed by atoms with van der Waals surface area (Å²) in [5.41, 5.74) is 1.86. The summed E-state index contributed by atoms with van der Waals surface area (Å²) in [7, 11) is 0. The number of benzene rings is 2. The highest BCUT2D eigenvalue weighted by atomic mass is 35.5. The van der Waals surface area contributed by atoms with Crippen LogP contribution in [-0.4, -0.2) is 5.11 Å². The van der Waals surface area contributed by atoms with Gasteiger partial charge in [-0.05, 0) is 48.4 Å². The predicted molar refractivity (Wildman–Crippen MR) is 68.6 cm³/mol. The summed E-state index contributed by atoms with van der Waals surface area (Å²) in [4.78, 5) is 0. The molecule has 17 heavy (non-hydrogen) atoms. The van der Waals surface area contributed by atoms with E-state index in [4.69, 9.17) is 21.4 Å². The lowest BCUT2D eigenvalue weighted by Gasteiger charge is -2.09. The van der Waals surface area contributed by atoms with Crippen LogP contribution in [0.15, 0.2) is 42.5 Å². The van der Waals surface area contributed by atoms with Gasteiger partial charge >= 0.3 is 0 Å². The van der Waals surface area contributed by atoms with E-state index in [0.29, 0.717) is 5.02 Å². The van der Waals surface area contributed by atoms with Gasteiger partial charge in [-0.15, -0.1) is 0 Å². The van der Waals surface area contributed by atoms with Crippen LogP contribution in [0.4, 0.5) is 0 Å². The Hall–Kier alpha value is -1.51. The van der Waals surface area contributed by atoms with E-state index in [1.807, 2.05) is 43.3 Å². The number of hydrogen-bond donors (Lipinski definition) is 1. The molecular weight excluding hydrogens is 236 g/mol. The van der Waals surface area contributed by atoms with E-state index in [9.17, 15) is 0 Å². The van der Waals surface area contributed by atoms with Crippen molar-refractivity contribution >= 4 is 11.6 Å². The molecule has 0 atom stereocenters. The standard InChI is InChI=1S/C14H13ClO2/c1-10-8-12(15)4-7-14(10)17-13-5-2-11(9-16)3-6-13/h2-8,16H,9H2,1H3. The van der Waals surface area contributed by atoms with Crippen LogP contribution in [0.2, 0.25) is 5.02 Å². The topological polar surface area (TPSA) is 29.5 Å². The second-order valence-electron chi connectivity index (χ2n) is 3.81. The van der Waals surface area contributed by atoms with Crippen molar-refractivity contribution in [3.05, 3.63) is 58.6 Å². The molecule has 1 N–H and O–H groups in total. The molecule has 0 saturated heterocycles. The average molecular weight is 249 g/mol. The number of aliphatic hydroxyl groups is 1. The zero-order valence-electron chi connectivity index (χ0n) is 9.48. The second-order valence-corrected chi connectivity index (χ2v) is 4.25. The summed E-state index contributed by atoms with van der Waals surface area (Å²) >= 11 is 5.88. The van der Waals surface area contributed by atoms with Gasteiger partial charge in [-0.1, -0.05) is 23.7 Å². The molecule has 0 fully saturated rings. The number of aliphatic hydroxyl groups excluding tert-OH is 1. The molecule has 0 aromatic heterocycles. The molecular formula is C14H13ClO2. The van der Waals surface area contributed by atoms with Gasteiger partial charge in [-0.25, -0.2) is 0 Å². The molecule has 2 aromatic carbocycles. The van der Waals surface area contributed by atoms with Crippen molar-refractivity contribution < 1.29 is 9.84 Å². The summed E-state index contributed by atoms with van der Waals surface area (Å²) in [6, 6.07) is 12.8. The highest BCUT2D eigenvalue weighted by Crippen LogP contribution is 2.27. The quantitative estimate of drug-likeness (QED) is 0.892. The molecule has 2 nitrogen and oxygen atoms in total. The summed E-state index contributed by atoms with van der Waals surface area (Å²) in [6.07, 6.45) is 0. The van der Waals surface area contributed by atoms with Gasteiger partial charge in [0.25, 0.3) is 0 Å². The molecule has 0 bridgehead atoms. The first-order chi connectivity index (χ1) is 8.19. The molecule has 0 radical (unpaired) electrons. The fourth-order valence-corrected chi connectivity index (χ4v) is 1.74. The Kier molecular flexibility index (Phi) is 3.67. The zero-order chi connectivity index (χ0) is 12.3. The smallest absolute Gasteiger partial charge is 0.130 e. The van der Waals surface area contributed by atoms with Crippen molar-refractivity contribution in [2.75, 3.05) is 0 Å². The minimum absolute atomic E-state index is 0.0419. The van der Waals surface area contributed by atoms with E-state index in [1.165, 1.54) is 0 Å². The average Bonchev–Trinajstić information content (AvgIpc) is 2.34. The molecule has 2 aromatic rings. The first-order valence-electron chi connectivity index (χ1n) is 5.33. The van der Waals surface area contributed by atoms with Crippen molar-refractivity contribution in [2.45, 2.75) is 13.5 Å². The van der Waals surface area contributed by atoms with Gasteiger partial charge in [0.2, 0.25) is 0 Å². The van der Waals surface area contributed by atoms with E-state index in [1.54, 1.807) is 6.07 Å². The lowest BCUT2D eigenvalue weighted by Crippen LogP contribution is -1.88. The third kappa shape index (κ3) is 2.99. The third-order valence-electron chi connectivity index (χ3n) is 2.47. The lowest BCUT2D eigenvalue weighted by atomic mass is 10.2. The van der Waals surface area contributed by atoms with Gasteiger partial charge < -0.3 is 9.84 Å². The molecule has 0 aliphatic rings. The first-order valence-corrected chi connectivity index (χ1v) is 5.70. The molecule has 0 saturated carbocycles. The van der Waals surface area contributed by atoms with Gasteiger partial charge in [0.05, 0.1) is 6.61 Å². The van der Waals surface area contributed by atoms with E-state index in [0.717, 1.165) is 22.6 Å². The minimum Gasteiger partial charge on any atom is -0.457 e. The SMILES string of the molecule is Cc1cc(Cl)ccc1Oc1ccc(CO)cc1. The van der Waals surface area contributed by atoms with E-state index in [-0.39, 0.29) is 6.61 Å². The van der Waals surface area contributed by atoms with Crippen molar-refractivity contribution in [3.63, 3.8) is 0 Å². The molecule has 0 aliphatic heterocycles. The summed E-state index contributed by atoms with van der Waals surface area (Å²) in [6.45, 7) is 1.99. The van der Waals surface area contributed by atoms with E-state index >= 15 is 0 Å². The second kappa shape index (κ2) is 5.21. The maximum Gasteiger partial charge on any atom is 0.130 e. The molecule has 0 unspecified atom stereocenters. The van der Waals surface area contributed by atoms with Crippen molar-refractivity contribution in [3.8, 4) is 11.5 Å². The van der Waals surface area contributed by atoms with Gasteiger partial charge in [0, 0.05) is 5.02 Å². The van der Waals surface area contributed by atoms with E-state index < -0.39 is 0 Å². The number of hydrogen-bond acceptors (Lipinski definition) is 2. The fourth-order valence-electron chi connectivity index (χ4n) is 1.52. The largest absolute Gasteiger partial charge is 0.457 e. The van der Waals surface area contributed by atoms with Crippen LogP contribution in [0.1, 0.15) is 11.1 Å². The van der Waals surface area contributed by atoms with Crippen LogP contribution in [0.25, 0.3) is 0 Å². The van der Waals surface area contributed by atoms with Crippen LogP contribution >= 0.6 is 11.6 Å². The number of rotatable bonds is 3. The normalized spacial score (nSPS) is 10.3. The first kappa shape index (κ1) is 12.0. The Bertz CT molecular complexity index is 506. The molecule has 88 valence electrons. The number of aryl methyl sites for hydroxylation is 1. The minimum atomic E-state index is 0.0419. The molecule has 3 heteroatoms. The third-order valence-corrected chi connectivity index (χ3v) is 2.71. The predicted octanol–water partition coefficient (Wildman–Crippen LogP) is 3.93. The van der Waals surface area contributed by atoms with Crippen molar-refractivity contribution in [1.29, 1.82) is 0 Å².